The topological polar surface area (TPSA) is 55.8 Å². The van der Waals surface area contributed by atoms with Crippen LogP contribution < -0.4 is 9.47 Å². The first-order valence-corrected chi connectivity index (χ1v) is 6.98. The van der Waals surface area contributed by atoms with Gasteiger partial charge in [0.25, 0.3) is 0 Å². The Bertz CT molecular complexity index is 486. The molecule has 0 spiro atoms. The van der Waals surface area contributed by atoms with Gasteiger partial charge in [0.1, 0.15) is 0 Å². The number of carboxylic acid groups (broad SMARTS) is 1. The summed E-state index contributed by atoms with van der Waals surface area (Å²) in [5, 5.41) is 8.94. The lowest BCUT2D eigenvalue weighted by Gasteiger charge is -2.13. The summed E-state index contributed by atoms with van der Waals surface area (Å²) in [6, 6.07) is 3.99. The number of fused-ring (bicyclic) bond motifs is 3. The van der Waals surface area contributed by atoms with Crippen LogP contribution in [0.15, 0.2) is 17.0 Å². The third-order valence-electron chi connectivity index (χ3n) is 3.34. The molecule has 2 aliphatic heterocycles. The molecule has 18 heavy (non-hydrogen) atoms. The second-order valence-corrected chi connectivity index (χ2v) is 5.72. The molecule has 0 saturated carbocycles. The number of thioether (sulfide) groups is 1. The van der Waals surface area contributed by atoms with Crippen molar-refractivity contribution in [3.8, 4) is 11.5 Å². The van der Waals surface area contributed by atoms with Crippen molar-refractivity contribution in [3.63, 3.8) is 0 Å². The van der Waals surface area contributed by atoms with E-state index in [1.54, 1.807) is 11.8 Å². The fraction of sp³-hybridized carbons (Fsp3) is 0.462. The quantitative estimate of drug-likeness (QED) is 0.891. The molecule has 1 N–H and O–H groups in total. The maximum Gasteiger partial charge on any atom is 0.303 e. The number of aliphatic carboxylic acids is 1. The van der Waals surface area contributed by atoms with Crippen molar-refractivity contribution in [1.82, 2.24) is 0 Å². The molecule has 2 heterocycles. The first-order valence-electron chi connectivity index (χ1n) is 6.00. The van der Waals surface area contributed by atoms with Gasteiger partial charge in [0.05, 0.1) is 0 Å². The van der Waals surface area contributed by atoms with Gasteiger partial charge in [0.2, 0.25) is 6.79 Å². The van der Waals surface area contributed by atoms with Crippen LogP contribution in [0, 0.1) is 5.92 Å². The molecule has 0 aliphatic carbocycles. The number of ether oxygens (including phenoxy) is 2. The lowest BCUT2D eigenvalue weighted by Crippen LogP contribution is -2.11. The number of hydrogen-bond acceptors (Lipinski definition) is 4. The Hall–Kier alpha value is -1.36. The number of hydrogen-bond donors (Lipinski definition) is 1. The van der Waals surface area contributed by atoms with E-state index in [0.717, 1.165) is 35.7 Å². The fourth-order valence-electron chi connectivity index (χ4n) is 2.49. The summed E-state index contributed by atoms with van der Waals surface area (Å²) in [4.78, 5) is 12.1. The van der Waals surface area contributed by atoms with Crippen LogP contribution in [0.5, 0.6) is 11.5 Å². The zero-order chi connectivity index (χ0) is 12.5. The summed E-state index contributed by atoms with van der Waals surface area (Å²) in [5.74, 6) is 2.03. The van der Waals surface area contributed by atoms with Crippen LogP contribution in [0.4, 0.5) is 0 Å². The highest BCUT2D eigenvalue weighted by molar-refractivity contribution is 7.99. The van der Waals surface area contributed by atoms with Crippen molar-refractivity contribution in [3.05, 3.63) is 17.7 Å². The average Bonchev–Trinajstić information content (AvgIpc) is 2.70. The molecule has 3 rings (SSSR count). The molecule has 1 aromatic carbocycles. The summed E-state index contributed by atoms with van der Waals surface area (Å²) in [6.45, 7) is 0.264. The van der Waals surface area contributed by atoms with E-state index in [1.165, 1.54) is 4.90 Å². The monoisotopic (exact) mass is 266 g/mol. The van der Waals surface area contributed by atoms with Crippen LogP contribution in [-0.2, 0) is 11.2 Å². The van der Waals surface area contributed by atoms with Crippen LogP contribution in [0.2, 0.25) is 0 Å². The minimum atomic E-state index is -0.724. The molecular weight excluding hydrogens is 252 g/mol. The van der Waals surface area contributed by atoms with E-state index in [2.05, 4.69) is 6.07 Å². The molecule has 0 bridgehead atoms. The molecule has 0 saturated heterocycles. The highest BCUT2D eigenvalue weighted by Crippen LogP contribution is 2.44. The predicted octanol–water partition coefficient (Wildman–Crippen LogP) is 2.54. The Balaban J connectivity index is 1.92. The Kier molecular flexibility index (Phi) is 3.07. The second-order valence-electron chi connectivity index (χ2n) is 4.58. The molecule has 5 heteroatoms. The van der Waals surface area contributed by atoms with Crippen molar-refractivity contribution in [2.75, 3.05) is 12.5 Å². The lowest BCUT2D eigenvalue weighted by molar-refractivity contribution is -0.138. The number of carbonyl (C=O) groups is 1. The number of benzene rings is 1. The largest absolute Gasteiger partial charge is 0.481 e. The molecule has 1 aromatic rings. The first kappa shape index (κ1) is 11.7. The van der Waals surface area contributed by atoms with E-state index in [1.807, 2.05) is 6.07 Å². The molecule has 2 aliphatic rings. The molecule has 0 aromatic heterocycles. The van der Waals surface area contributed by atoms with E-state index < -0.39 is 5.97 Å². The predicted molar refractivity (Wildman–Crippen MR) is 67.4 cm³/mol. The number of carboxylic acids is 1. The van der Waals surface area contributed by atoms with Crippen molar-refractivity contribution < 1.29 is 19.4 Å². The van der Waals surface area contributed by atoms with Crippen LogP contribution in [0.1, 0.15) is 18.4 Å². The maximum absolute atomic E-state index is 10.9. The van der Waals surface area contributed by atoms with Crippen LogP contribution in [0.25, 0.3) is 0 Å². The summed E-state index contributed by atoms with van der Waals surface area (Å²) in [7, 11) is 0. The van der Waals surface area contributed by atoms with Gasteiger partial charge in [-0.2, -0.15) is 0 Å². The average molecular weight is 266 g/mol. The van der Waals surface area contributed by atoms with E-state index in [9.17, 15) is 4.79 Å². The summed E-state index contributed by atoms with van der Waals surface area (Å²) in [6.07, 6.45) is 1.92. The van der Waals surface area contributed by atoms with Crippen molar-refractivity contribution >= 4 is 17.7 Å². The Morgan fingerprint density at radius 1 is 1.44 bits per heavy atom. The second kappa shape index (κ2) is 4.72. The Morgan fingerprint density at radius 2 is 2.33 bits per heavy atom. The molecule has 1 atom stereocenters. The van der Waals surface area contributed by atoms with Gasteiger partial charge in [-0.15, -0.1) is 11.8 Å². The van der Waals surface area contributed by atoms with Gasteiger partial charge >= 0.3 is 5.97 Å². The van der Waals surface area contributed by atoms with Gasteiger partial charge in [-0.3, -0.25) is 4.79 Å². The number of rotatable bonds is 2. The molecule has 1 unspecified atom stereocenters. The third kappa shape index (κ3) is 2.14. The summed E-state index contributed by atoms with van der Waals surface area (Å²) >= 11 is 1.78. The van der Waals surface area contributed by atoms with Gasteiger partial charge < -0.3 is 14.6 Å². The highest BCUT2D eigenvalue weighted by atomic mass is 32.2. The van der Waals surface area contributed by atoms with E-state index >= 15 is 0 Å². The lowest BCUT2D eigenvalue weighted by atomic mass is 9.93. The summed E-state index contributed by atoms with van der Waals surface area (Å²) < 4.78 is 10.9. The minimum absolute atomic E-state index is 0.187. The zero-order valence-electron chi connectivity index (χ0n) is 9.85. The van der Waals surface area contributed by atoms with Gasteiger partial charge in [0.15, 0.2) is 11.5 Å². The molecule has 0 amide bonds. The van der Waals surface area contributed by atoms with Crippen LogP contribution >= 0.6 is 11.8 Å². The molecule has 96 valence electrons. The maximum atomic E-state index is 10.9. The third-order valence-corrected chi connectivity index (χ3v) is 4.47. The summed E-state index contributed by atoms with van der Waals surface area (Å²) in [5.41, 5.74) is 1.12. The van der Waals surface area contributed by atoms with Crippen molar-refractivity contribution in [2.45, 2.75) is 24.2 Å². The fourth-order valence-corrected chi connectivity index (χ4v) is 3.67. The van der Waals surface area contributed by atoms with Gasteiger partial charge in [-0.25, -0.2) is 0 Å². The molecule has 4 nitrogen and oxygen atoms in total. The highest BCUT2D eigenvalue weighted by Gasteiger charge is 2.26. The zero-order valence-corrected chi connectivity index (χ0v) is 10.7. The van der Waals surface area contributed by atoms with Crippen molar-refractivity contribution in [2.24, 2.45) is 5.92 Å². The normalized spacial score (nSPS) is 21.2. The van der Waals surface area contributed by atoms with E-state index in [-0.39, 0.29) is 19.1 Å². The minimum Gasteiger partial charge on any atom is -0.481 e. The van der Waals surface area contributed by atoms with Gasteiger partial charge in [0, 0.05) is 16.9 Å². The van der Waals surface area contributed by atoms with Crippen LogP contribution in [-0.4, -0.2) is 23.6 Å². The van der Waals surface area contributed by atoms with Crippen LogP contribution in [0.3, 0.4) is 0 Å². The van der Waals surface area contributed by atoms with E-state index in [4.69, 9.17) is 14.6 Å². The van der Waals surface area contributed by atoms with Crippen molar-refractivity contribution in [1.29, 1.82) is 0 Å². The van der Waals surface area contributed by atoms with E-state index in [0.29, 0.717) is 0 Å². The van der Waals surface area contributed by atoms with Gasteiger partial charge in [-0.1, -0.05) is 0 Å². The van der Waals surface area contributed by atoms with Gasteiger partial charge in [-0.05, 0) is 36.6 Å². The Morgan fingerprint density at radius 3 is 3.17 bits per heavy atom. The Labute approximate surface area is 109 Å². The molecule has 0 fully saturated rings. The SMILES string of the molecule is O=C(O)CC1CCSc2ccc3c(c2C1)OCO3. The molecule has 0 radical (unpaired) electrons. The standard InChI is InChI=1S/C13H14O4S/c14-12(15)6-8-3-4-18-11-2-1-10-13(9(11)5-8)17-7-16-10/h1-2,8H,3-7H2,(H,14,15). The molecular formula is C13H14O4S. The first-order chi connectivity index (χ1) is 8.74. The smallest absolute Gasteiger partial charge is 0.303 e.